The Morgan fingerprint density at radius 3 is 2.69 bits per heavy atom. The first-order chi connectivity index (χ1) is 19.0. The van der Waals surface area contributed by atoms with Crippen LogP contribution in [0.25, 0.3) is 0 Å². The summed E-state index contributed by atoms with van der Waals surface area (Å²) in [6, 6.07) is 15.5. The molecule has 3 aromatic carbocycles. The van der Waals surface area contributed by atoms with Crippen LogP contribution in [-0.2, 0) is 16.0 Å². The van der Waals surface area contributed by atoms with Crippen LogP contribution in [-0.4, -0.2) is 37.0 Å². The van der Waals surface area contributed by atoms with Crippen LogP contribution in [0.2, 0.25) is 0 Å². The lowest BCUT2D eigenvalue weighted by Gasteiger charge is -2.18. The third-order valence-electron chi connectivity index (χ3n) is 7.28. The molecule has 9 heteroatoms. The van der Waals surface area contributed by atoms with Crippen LogP contribution in [0.15, 0.2) is 48.5 Å². The van der Waals surface area contributed by atoms with E-state index in [0.717, 1.165) is 17.5 Å². The molecule has 2 aliphatic heterocycles. The molecular formula is C30H26FNO7. The third-order valence-corrected chi connectivity index (χ3v) is 7.28. The van der Waals surface area contributed by atoms with Crippen molar-refractivity contribution < 1.29 is 38.0 Å². The van der Waals surface area contributed by atoms with Crippen LogP contribution < -0.4 is 18.9 Å². The Morgan fingerprint density at radius 1 is 1.05 bits per heavy atom. The average molecular weight is 532 g/mol. The highest BCUT2D eigenvalue weighted by Crippen LogP contribution is 2.44. The van der Waals surface area contributed by atoms with Gasteiger partial charge in [-0.05, 0) is 43.2 Å². The lowest BCUT2D eigenvalue weighted by molar-refractivity contribution is -0.137. The zero-order chi connectivity index (χ0) is 26.9. The second-order valence-corrected chi connectivity index (χ2v) is 9.86. The fraction of sp³-hybridized carbons (Fsp3) is 0.333. The summed E-state index contributed by atoms with van der Waals surface area (Å²) < 4.78 is 44.3. The highest BCUT2D eigenvalue weighted by Gasteiger charge is 2.32. The number of nitrogens with zero attached hydrogens (tertiary/aromatic N) is 1. The quantitative estimate of drug-likeness (QED) is 0.396. The summed E-state index contributed by atoms with van der Waals surface area (Å²) in [5.41, 5.74) is 2.35. The second-order valence-electron chi connectivity index (χ2n) is 9.86. The largest absolute Gasteiger partial charge is 0.492 e. The van der Waals surface area contributed by atoms with Gasteiger partial charge in [-0.2, -0.15) is 5.26 Å². The topological polar surface area (TPSA) is 107 Å². The summed E-state index contributed by atoms with van der Waals surface area (Å²) in [4.78, 5) is 11.1. The predicted octanol–water partition coefficient (Wildman–Crippen LogP) is 5.67. The molecule has 0 spiro atoms. The van der Waals surface area contributed by atoms with Gasteiger partial charge in [-0.25, -0.2) is 4.39 Å². The third kappa shape index (κ3) is 5.08. The van der Waals surface area contributed by atoms with Crippen molar-refractivity contribution in [3.8, 4) is 34.8 Å². The first-order valence-electron chi connectivity index (χ1n) is 12.9. The van der Waals surface area contributed by atoms with E-state index in [1.807, 2.05) is 6.07 Å². The Bertz CT molecular complexity index is 1460. The van der Waals surface area contributed by atoms with E-state index in [1.165, 1.54) is 6.07 Å². The fourth-order valence-electron chi connectivity index (χ4n) is 5.40. The Labute approximate surface area is 224 Å². The predicted molar refractivity (Wildman–Crippen MR) is 136 cm³/mol. The Kier molecular flexibility index (Phi) is 6.71. The van der Waals surface area contributed by atoms with E-state index in [4.69, 9.17) is 28.8 Å². The summed E-state index contributed by atoms with van der Waals surface area (Å²) >= 11 is 0. The van der Waals surface area contributed by atoms with E-state index < -0.39 is 12.1 Å². The van der Waals surface area contributed by atoms with Gasteiger partial charge in [0, 0.05) is 41.2 Å². The molecule has 3 atom stereocenters. The van der Waals surface area contributed by atoms with Gasteiger partial charge in [0.1, 0.15) is 52.8 Å². The van der Waals surface area contributed by atoms with Gasteiger partial charge in [0.15, 0.2) is 0 Å². The number of ether oxygens (including phenoxy) is 5. The number of hydrogen-bond donors (Lipinski definition) is 1. The van der Waals surface area contributed by atoms with Gasteiger partial charge in [0.05, 0.1) is 31.8 Å². The first kappa shape index (κ1) is 25.0. The van der Waals surface area contributed by atoms with Crippen LogP contribution in [0.3, 0.4) is 0 Å². The molecule has 1 saturated heterocycles. The SMILES string of the molecule is N#Cc1cc(Oc2ccc(F)c3c2CC[C@H]3Oc2ccc3c(c2)OC[C@H]3CC(=O)O)ccc1O[C@@H]1CCOC1. The molecule has 0 unspecified atom stereocenters. The maximum Gasteiger partial charge on any atom is 0.304 e. The van der Waals surface area contributed by atoms with Crippen molar-refractivity contribution in [1.82, 2.24) is 0 Å². The van der Waals surface area contributed by atoms with E-state index in [1.54, 1.807) is 36.4 Å². The molecular weight excluding hydrogens is 505 g/mol. The van der Waals surface area contributed by atoms with Gasteiger partial charge in [-0.15, -0.1) is 0 Å². The fourth-order valence-corrected chi connectivity index (χ4v) is 5.40. The van der Waals surface area contributed by atoms with Crippen molar-refractivity contribution >= 4 is 5.97 Å². The van der Waals surface area contributed by atoms with Gasteiger partial charge >= 0.3 is 5.97 Å². The number of aliphatic carboxylic acids is 1. The monoisotopic (exact) mass is 531 g/mol. The Hall–Kier alpha value is -4.29. The summed E-state index contributed by atoms with van der Waals surface area (Å²) in [5, 5.41) is 18.8. The summed E-state index contributed by atoms with van der Waals surface area (Å²) in [6.07, 6.45) is 1.30. The zero-order valence-corrected chi connectivity index (χ0v) is 21.0. The Morgan fingerprint density at radius 2 is 1.90 bits per heavy atom. The molecule has 0 aromatic heterocycles. The van der Waals surface area contributed by atoms with Gasteiger partial charge in [0.25, 0.3) is 0 Å². The summed E-state index contributed by atoms with van der Waals surface area (Å²) in [7, 11) is 0. The summed E-state index contributed by atoms with van der Waals surface area (Å²) in [5.74, 6) is 1.10. The zero-order valence-electron chi connectivity index (χ0n) is 21.0. The molecule has 1 fully saturated rings. The highest BCUT2D eigenvalue weighted by atomic mass is 19.1. The number of hydrogen-bond acceptors (Lipinski definition) is 7. The van der Waals surface area contributed by atoms with Crippen molar-refractivity contribution in [2.24, 2.45) is 0 Å². The minimum atomic E-state index is -0.875. The lowest BCUT2D eigenvalue weighted by atomic mass is 9.98. The number of halogens is 1. The van der Waals surface area contributed by atoms with E-state index in [2.05, 4.69) is 6.07 Å². The molecule has 0 bridgehead atoms. The maximum atomic E-state index is 15.0. The molecule has 0 radical (unpaired) electrons. The molecule has 1 aliphatic carbocycles. The summed E-state index contributed by atoms with van der Waals surface area (Å²) in [6.45, 7) is 1.45. The number of carboxylic acid groups (broad SMARTS) is 1. The van der Waals surface area contributed by atoms with Crippen LogP contribution in [0, 0.1) is 17.1 Å². The van der Waals surface area contributed by atoms with Crippen LogP contribution >= 0.6 is 0 Å². The van der Waals surface area contributed by atoms with E-state index in [-0.39, 0.29) is 24.3 Å². The maximum absolute atomic E-state index is 15.0. The van der Waals surface area contributed by atoms with Crippen LogP contribution in [0.5, 0.6) is 28.7 Å². The van der Waals surface area contributed by atoms with Gasteiger partial charge in [-0.1, -0.05) is 6.07 Å². The van der Waals surface area contributed by atoms with Gasteiger partial charge in [-0.3, -0.25) is 4.79 Å². The van der Waals surface area contributed by atoms with Gasteiger partial charge < -0.3 is 28.8 Å². The van der Waals surface area contributed by atoms with Crippen molar-refractivity contribution in [3.05, 3.63) is 76.6 Å². The molecule has 39 heavy (non-hydrogen) atoms. The normalized spacial score (nSPS) is 21.0. The minimum Gasteiger partial charge on any atom is -0.492 e. The standard InChI is InChI=1S/C30H26FNO7/c31-24-5-8-26(37-19-2-6-25(17(11-19)14-32)39-21-9-10-35-16-21)23-4-7-27(30(23)24)38-20-1-3-22-18(12-29(33)34)15-36-28(22)13-20/h1-3,5-6,8,11,13,18,21,27H,4,7,9-10,12,15-16H2,(H,33,34)/t18-,21-,27-/m1/s1. The average Bonchev–Trinajstić information content (AvgIpc) is 3.68. The number of carboxylic acids is 1. The van der Waals surface area contributed by atoms with Crippen molar-refractivity contribution in [2.45, 2.75) is 43.8 Å². The first-order valence-corrected chi connectivity index (χ1v) is 12.9. The molecule has 0 amide bonds. The molecule has 8 nitrogen and oxygen atoms in total. The molecule has 3 aromatic rings. The molecule has 1 N–H and O–H groups in total. The van der Waals surface area contributed by atoms with E-state index in [0.29, 0.717) is 72.5 Å². The second kappa shape index (κ2) is 10.5. The highest BCUT2D eigenvalue weighted by molar-refractivity contribution is 5.69. The number of nitriles is 1. The lowest BCUT2D eigenvalue weighted by Crippen LogP contribution is -2.16. The number of fused-ring (bicyclic) bond motifs is 2. The molecule has 0 saturated carbocycles. The van der Waals surface area contributed by atoms with Gasteiger partial charge in [0.2, 0.25) is 0 Å². The minimum absolute atomic E-state index is 0.00170. The smallest absolute Gasteiger partial charge is 0.304 e. The Balaban J connectivity index is 1.20. The van der Waals surface area contributed by atoms with E-state index >= 15 is 4.39 Å². The molecule has 2 heterocycles. The molecule has 6 rings (SSSR count). The number of rotatable bonds is 8. The van der Waals surface area contributed by atoms with Crippen molar-refractivity contribution in [3.63, 3.8) is 0 Å². The number of carbonyl (C=O) groups is 1. The molecule has 200 valence electrons. The van der Waals surface area contributed by atoms with Crippen molar-refractivity contribution in [2.75, 3.05) is 19.8 Å². The molecule has 3 aliphatic rings. The van der Waals surface area contributed by atoms with Crippen LogP contribution in [0.4, 0.5) is 4.39 Å². The van der Waals surface area contributed by atoms with E-state index in [9.17, 15) is 10.1 Å². The van der Waals surface area contributed by atoms with Crippen LogP contribution in [0.1, 0.15) is 53.5 Å². The van der Waals surface area contributed by atoms with Crippen molar-refractivity contribution in [1.29, 1.82) is 5.26 Å². The number of benzene rings is 3.